The number of hydrogen-bond acceptors (Lipinski definition) is 3. The van der Waals surface area contributed by atoms with Gasteiger partial charge in [0.05, 0.1) is 23.5 Å². The summed E-state index contributed by atoms with van der Waals surface area (Å²) < 4.78 is 5.80. The zero-order valence-corrected chi connectivity index (χ0v) is 13.7. The fourth-order valence-electron chi connectivity index (χ4n) is 2.53. The predicted molar refractivity (Wildman–Crippen MR) is 93.9 cm³/mol. The van der Waals surface area contributed by atoms with Crippen LogP contribution in [0.3, 0.4) is 0 Å². The van der Waals surface area contributed by atoms with Gasteiger partial charge in [-0.3, -0.25) is 4.79 Å². The van der Waals surface area contributed by atoms with Gasteiger partial charge in [0.2, 0.25) is 0 Å². The maximum atomic E-state index is 12.1. The molecule has 0 fully saturated rings. The van der Waals surface area contributed by atoms with Crippen LogP contribution in [0.25, 0.3) is 11.0 Å². The zero-order valence-electron chi connectivity index (χ0n) is 13.7. The molecule has 1 aromatic heterocycles. The lowest BCUT2D eigenvalue weighted by atomic mass is 10.1. The number of aromatic amines is 1. The number of fused-ring (bicyclic) bond motifs is 1. The number of carbonyl (C=O) groups excluding carboxylic acids is 1. The fourth-order valence-corrected chi connectivity index (χ4v) is 2.53. The number of aromatic nitrogens is 2. The highest BCUT2D eigenvalue weighted by Crippen LogP contribution is 2.15. The molecule has 0 aliphatic heterocycles. The van der Waals surface area contributed by atoms with Gasteiger partial charge in [0, 0.05) is 18.7 Å². The monoisotopic (exact) mass is 323 g/mol. The van der Waals surface area contributed by atoms with Crippen LogP contribution in [-0.2, 0) is 4.74 Å². The SMILES string of the molecule is C[C@H](OCCCNC(=O)c1ccc2nc[nH]c2c1)c1ccccc1. The van der Waals surface area contributed by atoms with Crippen LogP contribution >= 0.6 is 0 Å². The molecule has 3 rings (SSSR count). The molecular weight excluding hydrogens is 302 g/mol. The molecule has 5 heteroatoms. The molecule has 0 saturated heterocycles. The van der Waals surface area contributed by atoms with E-state index in [1.165, 1.54) is 0 Å². The number of nitrogens with one attached hydrogen (secondary N) is 2. The summed E-state index contributed by atoms with van der Waals surface area (Å²) in [6.07, 6.45) is 2.46. The summed E-state index contributed by atoms with van der Waals surface area (Å²) in [6, 6.07) is 15.5. The van der Waals surface area contributed by atoms with Crippen LogP contribution in [-0.4, -0.2) is 29.0 Å². The molecule has 1 amide bonds. The molecule has 1 heterocycles. The summed E-state index contributed by atoms with van der Waals surface area (Å²) >= 11 is 0. The average molecular weight is 323 g/mol. The Labute approximate surface area is 141 Å². The Morgan fingerprint density at radius 2 is 2.08 bits per heavy atom. The lowest BCUT2D eigenvalue weighted by Crippen LogP contribution is -2.25. The molecular formula is C19H21N3O2. The van der Waals surface area contributed by atoms with Gasteiger partial charge >= 0.3 is 0 Å². The van der Waals surface area contributed by atoms with Gasteiger partial charge in [0.1, 0.15) is 0 Å². The number of ether oxygens (including phenoxy) is 1. The third-order valence-corrected chi connectivity index (χ3v) is 3.93. The Morgan fingerprint density at radius 3 is 2.92 bits per heavy atom. The van der Waals surface area contributed by atoms with Gasteiger partial charge in [0.15, 0.2) is 0 Å². The predicted octanol–water partition coefficient (Wildman–Crippen LogP) is 3.46. The van der Waals surface area contributed by atoms with E-state index in [1.807, 2.05) is 37.3 Å². The van der Waals surface area contributed by atoms with E-state index in [-0.39, 0.29) is 12.0 Å². The Morgan fingerprint density at radius 1 is 1.25 bits per heavy atom. The molecule has 1 atom stereocenters. The van der Waals surface area contributed by atoms with Crippen LogP contribution in [0.5, 0.6) is 0 Å². The van der Waals surface area contributed by atoms with Gasteiger partial charge in [-0.2, -0.15) is 0 Å². The summed E-state index contributed by atoms with van der Waals surface area (Å²) in [7, 11) is 0. The van der Waals surface area contributed by atoms with Crippen molar-refractivity contribution < 1.29 is 9.53 Å². The second-order valence-electron chi connectivity index (χ2n) is 5.67. The van der Waals surface area contributed by atoms with E-state index >= 15 is 0 Å². The van der Waals surface area contributed by atoms with Gasteiger partial charge < -0.3 is 15.0 Å². The van der Waals surface area contributed by atoms with Crippen LogP contribution in [0.1, 0.15) is 35.4 Å². The molecule has 3 aromatic rings. The molecule has 5 nitrogen and oxygen atoms in total. The van der Waals surface area contributed by atoms with E-state index in [4.69, 9.17) is 4.74 Å². The first kappa shape index (κ1) is 16.2. The minimum absolute atomic E-state index is 0.0599. The maximum absolute atomic E-state index is 12.1. The molecule has 0 aliphatic carbocycles. The zero-order chi connectivity index (χ0) is 16.8. The van der Waals surface area contributed by atoms with Crippen LogP contribution in [0.4, 0.5) is 0 Å². The second kappa shape index (κ2) is 7.75. The Bertz CT molecular complexity index is 798. The van der Waals surface area contributed by atoms with Crippen LogP contribution in [0, 0.1) is 0 Å². The van der Waals surface area contributed by atoms with E-state index in [0.717, 1.165) is 23.0 Å². The van der Waals surface area contributed by atoms with Crippen molar-refractivity contribution in [1.29, 1.82) is 0 Å². The third kappa shape index (κ3) is 4.00. The first-order valence-corrected chi connectivity index (χ1v) is 8.12. The smallest absolute Gasteiger partial charge is 0.251 e. The normalized spacial score (nSPS) is 12.2. The Kier molecular flexibility index (Phi) is 5.23. The van der Waals surface area contributed by atoms with Gasteiger partial charge in [-0.1, -0.05) is 30.3 Å². The van der Waals surface area contributed by atoms with Crippen molar-refractivity contribution in [3.05, 3.63) is 66.0 Å². The third-order valence-electron chi connectivity index (χ3n) is 3.93. The van der Waals surface area contributed by atoms with Crippen molar-refractivity contribution in [3.63, 3.8) is 0 Å². The highest BCUT2D eigenvalue weighted by molar-refractivity contribution is 5.97. The Hall–Kier alpha value is -2.66. The highest BCUT2D eigenvalue weighted by Gasteiger charge is 2.07. The standard InChI is InChI=1S/C19H21N3O2/c1-14(15-6-3-2-4-7-15)24-11-5-10-20-19(23)16-8-9-17-18(12-16)22-13-21-17/h2-4,6-9,12-14H,5,10-11H2,1H3,(H,20,23)(H,21,22)/t14-/m0/s1. The van der Waals surface area contributed by atoms with E-state index in [0.29, 0.717) is 18.7 Å². The molecule has 0 bridgehead atoms. The number of amides is 1. The van der Waals surface area contributed by atoms with Crippen LogP contribution in [0.15, 0.2) is 54.9 Å². The largest absolute Gasteiger partial charge is 0.374 e. The van der Waals surface area contributed by atoms with E-state index < -0.39 is 0 Å². The Balaban J connectivity index is 1.40. The molecule has 0 spiro atoms. The summed E-state index contributed by atoms with van der Waals surface area (Å²) in [6.45, 7) is 3.23. The number of hydrogen-bond donors (Lipinski definition) is 2. The molecule has 24 heavy (non-hydrogen) atoms. The number of benzene rings is 2. The number of carbonyl (C=O) groups is 1. The average Bonchev–Trinajstić information content (AvgIpc) is 3.09. The van der Waals surface area contributed by atoms with Gasteiger partial charge in [0.25, 0.3) is 5.91 Å². The van der Waals surface area contributed by atoms with Crippen molar-refractivity contribution in [2.75, 3.05) is 13.2 Å². The quantitative estimate of drug-likeness (QED) is 0.654. The van der Waals surface area contributed by atoms with E-state index in [1.54, 1.807) is 12.4 Å². The minimum Gasteiger partial charge on any atom is -0.374 e. The molecule has 2 N–H and O–H groups in total. The molecule has 0 saturated carbocycles. The molecule has 0 radical (unpaired) electrons. The van der Waals surface area contributed by atoms with E-state index in [9.17, 15) is 4.79 Å². The fraction of sp³-hybridized carbons (Fsp3) is 0.263. The van der Waals surface area contributed by atoms with Gasteiger partial charge in [-0.25, -0.2) is 4.98 Å². The van der Waals surface area contributed by atoms with Crippen LogP contribution in [0.2, 0.25) is 0 Å². The lowest BCUT2D eigenvalue weighted by molar-refractivity contribution is 0.0635. The van der Waals surface area contributed by atoms with Crippen molar-refractivity contribution in [1.82, 2.24) is 15.3 Å². The highest BCUT2D eigenvalue weighted by atomic mass is 16.5. The molecule has 2 aromatic carbocycles. The second-order valence-corrected chi connectivity index (χ2v) is 5.67. The van der Waals surface area contributed by atoms with Crippen LogP contribution < -0.4 is 5.32 Å². The maximum Gasteiger partial charge on any atom is 0.251 e. The number of nitrogens with zero attached hydrogens (tertiary/aromatic N) is 1. The summed E-state index contributed by atoms with van der Waals surface area (Å²) in [4.78, 5) is 19.3. The van der Waals surface area contributed by atoms with Crippen molar-refractivity contribution in [3.8, 4) is 0 Å². The number of imidazole rings is 1. The molecule has 124 valence electrons. The number of rotatable bonds is 7. The summed E-state index contributed by atoms with van der Waals surface area (Å²) in [5, 5.41) is 2.92. The lowest BCUT2D eigenvalue weighted by Gasteiger charge is -2.13. The first-order chi connectivity index (χ1) is 11.7. The number of H-pyrrole nitrogens is 1. The molecule has 0 aliphatic rings. The summed E-state index contributed by atoms with van der Waals surface area (Å²) in [5.41, 5.74) is 3.51. The topological polar surface area (TPSA) is 67.0 Å². The summed E-state index contributed by atoms with van der Waals surface area (Å²) in [5.74, 6) is -0.0809. The van der Waals surface area contributed by atoms with Crippen molar-refractivity contribution in [2.45, 2.75) is 19.4 Å². The van der Waals surface area contributed by atoms with Crippen molar-refractivity contribution >= 4 is 16.9 Å². The van der Waals surface area contributed by atoms with Gasteiger partial charge in [-0.05, 0) is 37.1 Å². The minimum atomic E-state index is -0.0809. The first-order valence-electron chi connectivity index (χ1n) is 8.12. The van der Waals surface area contributed by atoms with E-state index in [2.05, 4.69) is 27.4 Å². The van der Waals surface area contributed by atoms with Gasteiger partial charge in [-0.15, -0.1) is 0 Å². The van der Waals surface area contributed by atoms with Crippen molar-refractivity contribution in [2.24, 2.45) is 0 Å². The molecule has 0 unspecified atom stereocenters.